The van der Waals surface area contributed by atoms with Crippen LogP contribution < -0.4 is 5.32 Å². The highest BCUT2D eigenvalue weighted by molar-refractivity contribution is 7.22. The Morgan fingerprint density at radius 3 is 2.95 bits per heavy atom. The quantitative estimate of drug-likeness (QED) is 0.848. The van der Waals surface area contributed by atoms with Crippen LogP contribution in [0, 0.1) is 5.82 Å². The first kappa shape index (κ1) is 12.0. The molecule has 19 heavy (non-hydrogen) atoms. The Morgan fingerprint density at radius 1 is 1.47 bits per heavy atom. The molecule has 1 aliphatic rings. The Labute approximate surface area is 112 Å². The third-order valence-corrected chi connectivity index (χ3v) is 4.00. The largest absolute Gasteiger partial charge is 0.349 e. The van der Waals surface area contributed by atoms with Gasteiger partial charge in [-0.1, -0.05) is 11.3 Å². The highest BCUT2D eigenvalue weighted by Crippen LogP contribution is 2.28. The molecule has 1 aromatic carbocycles. The molecule has 1 N–H and O–H groups in total. The van der Waals surface area contributed by atoms with Crippen LogP contribution in [0.3, 0.4) is 0 Å². The number of fused-ring (bicyclic) bond motifs is 1. The van der Waals surface area contributed by atoms with Crippen LogP contribution in [-0.4, -0.2) is 34.8 Å². The molecule has 1 atom stereocenters. The zero-order chi connectivity index (χ0) is 13.6. The summed E-state index contributed by atoms with van der Waals surface area (Å²) in [5, 5.41) is 3.45. The number of carbonyl (C=O) groups excluding carboxylic acids is 2. The first-order valence-electron chi connectivity index (χ1n) is 5.67. The van der Waals surface area contributed by atoms with Gasteiger partial charge in [-0.25, -0.2) is 9.37 Å². The number of carbonyl (C=O) groups is 2. The zero-order valence-corrected chi connectivity index (χ0v) is 10.8. The topological polar surface area (TPSA) is 62.3 Å². The Morgan fingerprint density at radius 2 is 2.26 bits per heavy atom. The summed E-state index contributed by atoms with van der Waals surface area (Å²) in [7, 11) is 1.46. The Balaban J connectivity index is 1.86. The second-order valence-corrected chi connectivity index (χ2v) is 5.35. The number of benzene rings is 1. The SMILES string of the molecule is CN1C(=O)CC(Nc2nc3cc(F)ccc3s2)C1=O. The van der Waals surface area contributed by atoms with Gasteiger partial charge in [0.15, 0.2) is 5.13 Å². The summed E-state index contributed by atoms with van der Waals surface area (Å²) in [5.74, 6) is -0.832. The predicted molar refractivity (Wildman–Crippen MR) is 69.4 cm³/mol. The first-order chi connectivity index (χ1) is 9.04. The lowest BCUT2D eigenvalue weighted by Crippen LogP contribution is -2.31. The van der Waals surface area contributed by atoms with Gasteiger partial charge in [-0.05, 0) is 12.1 Å². The van der Waals surface area contributed by atoms with Crippen molar-refractivity contribution in [2.24, 2.45) is 0 Å². The molecule has 1 aromatic heterocycles. The fourth-order valence-electron chi connectivity index (χ4n) is 1.98. The molecule has 7 heteroatoms. The van der Waals surface area contributed by atoms with E-state index in [9.17, 15) is 14.0 Å². The highest BCUT2D eigenvalue weighted by atomic mass is 32.1. The number of likely N-dealkylation sites (tertiary alicyclic amines) is 1. The number of hydrogen-bond donors (Lipinski definition) is 1. The minimum absolute atomic E-state index is 0.125. The van der Waals surface area contributed by atoms with Crippen molar-refractivity contribution >= 4 is 38.5 Å². The van der Waals surface area contributed by atoms with E-state index in [1.165, 1.54) is 30.5 Å². The number of amides is 2. The molecular weight excluding hydrogens is 269 g/mol. The van der Waals surface area contributed by atoms with E-state index < -0.39 is 6.04 Å². The standard InChI is InChI=1S/C12H10FN3O2S/c1-16-10(17)5-8(11(16)18)15-12-14-7-4-6(13)2-3-9(7)19-12/h2-4,8H,5H2,1H3,(H,14,15). The molecule has 1 aliphatic heterocycles. The number of anilines is 1. The molecular formula is C12H10FN3O2S. The maximum atomic E-state index is 13.1. The van der Waals surface area contributed by atoms with Gasteiger partial charge >= 0.3 is 0 Å². The van der Waals surface area contributed by atoms with E-state index in [2.05, 4.69) is 10.3 Å². The Kier molecular flexibility index (Phi) is 2.70. The van der Waals surface area contributed by atoms with Crippen LogP contribution in [0.2, 0.25) is 0 Å². The predicted octanol–water partition coefficient (Wildman–Crippen LogP) is 1.60. The van der Waals surface area contributed by atoms with Crippen molar-refractivity contribution in [3.05, 3.63) is 24.0 Å². The van der Waals surface area contributed by atoms with Crippen molar-refractivity contribution < 1.29 is 14.0 Å². The summed E-state index contributed by atoms with van der Waals surface area (Å²) in [6, 6.07) is 3.76. The van der Waals surface area contributed by atoms with Crippen LogP contribution in [0.15, 0.2) is 18.2 Å². The molecule has 0 bridgehead atoms. The number of halogens is 1. The Bertz CT molecular complexity index is 685. The van der Waals surface area contributed by atoms with Crippen molar-refractivity contribution in [2.75, 3.05) is 12.4 Å². The normalized spacial score (nSPS) is 19.5. The molecule has 1 unspecified atom stereocenters. The van der Waals surface area contributed by atoms with E-state index >= 15 is 0 Å². The molecule has 98 valence electrons. The molecule has 1 saturated heterocycles. The molecule has 2 aromatic rings. The molecule has 0 radical (unpaired) electrons. The molecule has 0 aliphatic carbocycles. The lowest BCUT2D eigenvalue weighted by Gasteiger charge is -2.09. The number of rotatable bonds is 2. The van der Waals surface area contributed by atoms with Crippen molar-refractivity contribution in [1.29, 1.82) is 0 Å². The van der Waals surface area contributed by atoms with Crippen LogP contribution in [0.5, 0.6) is 0 Å². The van der Waals surface area contributed by atoms with Crippen molar-refractivity contribution in [1.82, 2.24) is 9.88 Å². The van der Waals surface area contributed by atoms with E-state index in [4.69, 9.17) is 0 Å². The number of thiazole rings is 1. The fraction of sp³-hybridized carbons (Fsp3) is 0.250. The molecule has 0 spiro atoms. The maximum absolute atomic E-state index is 13.1. The van der Waals surface area contributed by atoms with Crippen LogP contribution >= 0.6 is 11.3 Å². The molecule has 2 heterocycles. The van der Waals surface area contributed by atoms with Crippen LogP contribution in [0.25, 0.3) is 10.2 Å². The van der Waals surface area contributed by atoms with Gasteiger partial charge < -0.3 is 5.32 Å². The fourth-order valence-corrected chi connectivity index (χ4v) is 2.88. The van der Waals surface area contributed by atoms with Crippen molar-refractivity contribution in [3.63, 3.8) is 0 Å². The van der Waals surface area contributed by atoms with Crippen LogP contribution in [-0.2, 0) is 9.59 Å². The highest BCUT2D eigenvalue weighted by Gasteiger charge is 2.36. The lowest BCUT2D eigenvalue weighted by atomic mass is 10.2. The summed E-state index contributed by atoms with van der Waals surface area (Å²) < 4.78 is 13.9. The van der Waals surface area contributed by atoms with Gasteiger partial charge in [0, 0.05) is 13.1 Å². The van der Waals surface area contributed by atoms with Gasteiger partial charge in [-0.3, -0.25) is 14.5 Å². The lowest BCUT2D eigenvalue weighted by molar-refractivity contribution is -0.136. The van der Waals surface area contributed by atoms with Gasteiger partial charge in [-0.2, -0.15) is 0 Å². The van der Waals surface area contributed by atoms with Gasteiger partial charge in [-0.15, -0.1) is 0 Å². The summed E-state index contributed by atoms with van der Waals surface area (Å²) >= 11 is 1.33. The summed E-state index contributed by atoms with van der Waals surface area (Å²) in [6.07, 6.45) is 0.125. The average molecular weight is 279 g/mol. The number of likely N-dealkylation sites (N-methyl/N-ethyl adjacent to an activating group) is 1. The van der Waals surface area contributed by atoms with Crippen molar-refractivity contribution in [2.45, 2.75) is 12.5 Å². The number of hydrogen-bond acceptors (Lipinski definition) is 5. The number of aromatic nitrogens is 1. The van der Waals surface area contributed by atoms with E-state index in [1.807, 2.05) is 0 Å². The zero-order valence-electron chi connectivity index (χ0n) is 10.0. The number of nitrogens with zero attached hydrogens (tertiary/aromatic N) is 2. The molecule has 1 fully saturated rings. The van der Waals surface area contributed by atoms with E-state index in [-0.39, 0.29) is 24.1 Å². The molecule has 2 amide bonds. The summed E-state index contributed by atoms with van der Waals surface area (Å²) in [5.41, 5.74) is 0.539. The van der Waals surface area contributed by atoms with E-state index in [0.29, 0.717) is 10.6 Å². The number of imide groups is 1. The van der Waals surface area contributed by atoms with E-state index in [0.717, 1.165) is 9.60 Å². The average Bonchev–Trinajstić information content (AvgIpc) is 2.86. The minimum Gasteiger partial charge on any atom is -0.349 e. The molecule has 0 saturated carbocycles. The third kappa shape index (κ3) is 2.06. The van der Waals surface area contributed by atoms with E-state index in [1.54, 1.807) is 6.07 Å². The van der Waals surface area contributed by atoms with Gasteiger partial charge in [0.25, 0.3) is 5.91 Å². The number of nitrogens with one attached hydrogen (secondary N) is 1. The first-order valence-corrected chi connectivity index (χ1v) is 6.49. The minimum atomic E-state index is -0.581. The second-order valence-electron chi connectivity index (χ2n) is 4.32. The smallest absolute Gasteiger partial charge is 0.251 e. The van der Waals surface area contributed by atoms with Crippen molar-refractivity contribution in [3.8, 4) is 0 Å². The van der Waals surface area contributed by atoms with Gasteiger partial charge in [0.2, 0.25) is 5.91 Å². The molecule has 5 nitrogen and oxygen atoms in total. The molecule has 3 rings (SSSR count). The second kappa shape index (κ2) is 4.27. The van der Waals surface area contributed by atoms with Crippen LogP contribution in [0.1, 0.15) is 6.42 Å². The monoisotopic (exact) mass is 279 g/mol. The van der Waals surface area contributed by atoms with Gasteiger partial charge in [0.05, 0.1) is 16.6 Å². The summed E-state index contributed by atoms with van der Waals surface area (Å²) in [6.45, 7) is 0. The van der Waals surface area contributed by atoms with Gasteiger partial charge in [0.1, 0.15) is 11.9 Å². The third-order valence-electron chi connectivity index (χ3n) is 3.03. The summed E-state index contributed by atoms with van der Waals surface area (Å²) in [4.78, 5) is 28.5. The maximum Gasteiger partial charge on any atom is 0.251 e. The van der Waals surface area contributed by atoms with Crippen LogP contribution in [0.4, 0.5) is 9.52 Å². The Hall–Kier alpha value is -2.02.